The van der Waals surface area contributed by atoms with Gasteiger partial charge in [0, 0.05) is 37.1 Å². The van der Waals surface area contributed by atoms with Crippen LogP contribution in [0.5, 0.6) is 0 Å². The lowest BCUT2D eigenvalue weighted by Gasteiger charge is -2.49. The SMILES string of the molecule is Cc1nc(CN2CCNCC23CCCCC3)cs1.Cl. The lowest BCUT2D eigenvalue weighted by Crippen LogP contribution is -2.61. The first kappa shape index (κ1) is 15.2. The maximum absolute atomic E-state index is 4.64. The Morgan fingerprint density at radius 3 is 2.84 bits per heavy atom. The molecule has 1 saturated heterocycles. The van der Waals surface area contributed by atoms with E-state index in [4.69, 9.17) is 0 Å². The van der Waals surface area contributed by atoms with Crippen molar-refractivity contribution in [1.29, 1.82) is 0 Å². The minimum absolute atomic E-state index is 0. The zero-order chi connectivity index (χ0) is 12.4. The number of aryl methyl sites for hydroxylation is 1. The topological polar surface area (TPSA) is 28.2 Å². The van der Waals surface area contributed by atoms with Crippen LogP contribution in [-0.4, -0.2) is 35.1 Å². The maximum atomic E-state index is 4.64. The van der Waals surface area contributed by atoms with Crippen molar-refractivity contribution < 1.29 is 0 Å². The lowest BCUT2D eigenvalue weighted by atomic mass is 9.79. The molecule has 2 heterocycles. The molecule has 5 heteroatoms. The molecule has 1 saturated carbocycles. The second-order valence-electron chi connectivity index (χ2n) is 5.74. The van der Waals surface area contributed by atoms with Crippen molar-refractivity contribution in [3.05, 3.63) is 16.1 Å². The molecule has 108 valence electrons. The third-order valence-electron chi connectivity index (χ3n) is 4.49. The summed E-state index contributed by atoms with van der Waals surface area (Å²) in [4.78, 5) is 7.34. The van der Waals surface area contributed by atoms with Crippen molar-refractivity contribution >= 4 is 23.7 Å². The van der Waals surface area contributed by atoms with E-state index < -0.39 is 0 Å². The van der Waals surface area contributed by atoms with Gasteiger partial charge in [0.1, 0.15) is 0 Å². The Labute approximate surface area is 126 Å². The van der Waals surface area contributed by atoms with Crippen LogP contribution < -0.4 is 5.32 Å². The van der Waals surface area contributed by atoms with Crippen LogP contribution in [0.25, 0.3) is 0 Å². The molecule has 1 aliphatic heterocycles. The highest BCUT2D eigenvalue weighted by molar-refractivity contribution is 7.09. The molecule has 1 aromatic heterocycles. The van der Waals surface area contributed by atoms with Crippen LogP contribution in [0.2, 0.25) is 0 Å². The Hall–Kier alpha value is -0.160. The van der Waals surface area contributed by atoms with Crippen molar-refractivity contribution in [3.8, 4) is 0 Å². The molecule has 2 fully saturated rings. The van der Waals surface area contributed by atoms with Gasteiger partial charge in [-0.2, -0.15) is 0 Å². The van der Waals surface area contributed by atoms with Crippen molar-refractivity contribution in [2.24, 2.45) is 0 Å². The largest absolute Gasteiger partial charge is 0.314 e. The van der Waals surface area contributed by atoms with Gasteiger partial charge in [0.15, 0.2) is 0 Å². The van der Waals surface area contributed by atoms with Gasteiger partial charge in [-0.1, -0.05) is 19.3 Å². The number of rotatable bonds is 2. The molecule has 19 heavy (non-hydrogen) atoms. The molecule has 0 atom stereocenters. The Balaban J connectivity index is 0.00000133. The zero-order valence-electron chi connectivity index (χ0n) is 11.7. The number of piperazine rings is 1. The van der Waals surface area contributed by atoms with Gasteiger partial charge in [-0.25, -0.2) is 4.98 Å². The summed E-state index contributed by atoms with van der Waals surface area (Å²) in [5.41, 5.74) is 1.69. The van der Waals surface area contributed by atoms with Crippen molar-refractivity contribution in [1.82, 2.24) is 15.2 Å². The van der Waals surface area contributed by atoms with E-state index >= 15 is 0 Å². The standard InChI is InChI=1S/C14H23N3S.ClH/c1-12-16-13(10-18-12)9-17-8-7-15-11-14(17)5-3-2-4-6-14;/h10,15H,2-9,11H2,1H3;1H. The van der Waals surface area contributed by atoms with Crippen LogP contribution in [0, 0.1) is 6.92 Å². The minimum atomic E-state index is 0. The molecule has 0 radical (unpaired) electrons. The Bertz CT molecular complexity index is 393. The zero-order valence-corrected chi connectivity index (χ0v) is 13.3. The molecule has 3 rings (SSSR count). The number of thiazole rings is 1. The number of aromatic nitrogens is 1. The minimum Gasteiger partial charge on any atom is -0.314 e. The van der Waals surface area contributed by atoms with Crippen LogP contribution in [-0.2, 0) is 6.54 Å². The lowest BCUT2D eigenvalue weighted by molar-refractivity contribution is 0.0200. The molecule has 0 unspecified atom stereocenters. The molecule has 1 N–H and O–H groups in total. The molecule has 2 aliphatic rings. The fourth-order valence-electron chi connectivity index (χ4n) is 3.51. The summed E-state index contributed by atoms with van der Waals surface area (Å²) >= 11 is 1.77. The first-order chi connectivity index (χ1) is 8.78. The van der Waals surface area contributed by atoms with Gasteiger partial charge < -0.3 is 5.32 Å². The van der Waals surface area contributed by atoms with E-state index in [0.717, 1.165) is 13.1 Å². The Kier molecular flexibility index (Phi) is 5.23. The van der Waals surface area contributed by atoms with Gasteiger partial charge in [0.2, 0.25) is 0 Å². The molecule has 1 spiro atoms. The van der Waals surface area contributed by atoms with Gasteiger partial charge in [-0.15, -0.1) is 23.7 Å². The Morgan fingerprint density at radius 2 is 2.16 bits per heavy atom. The van der Waals surface area contributed by atoms with Gasteiger partial charge >= 0.3 is 0 Å². The van der Waals surface area contributed by atoms with E-state index in [1.165, 1.54) is 55.9 Å². The monoisotopic (exact) mass is 301 g/mol. The summed E-state index contributed by atoms with van der Waals surface area (Å²) in [5.74, 6) is 0. The van der Waals surface area contributed by atoms with E-state index in [1.54, 1.807) is 11.3 Å². The highest BCUT2D eigenvalue weighted by atomic mass is 35.5. The summed E-state index contributed by atoms with van der Waals surface area (Å²) in [6.07, 6.45) is 6.94. The molecular formula is C14H24ClN3S. The number of nitrogens with zero attached hydrogens (tertiary/aromatic N) is 2. The molecule has 0 amide bonds. The number of nitrogens with one attached hydrogen (secondary N) is 1. The third-order valence-corrected chi connectivity index (χ3v) is 5.31. The number of hydrogen-bond donors (Lipinski definition) is 1. The van der Waals surface area contributed by atoms with E-state index in [-0.39, 0.29) is 12.4 Å². The van der Waals surface area contributed by atoms with Gasteiger partial charge in [0.25, 0.3) is 0 Å². The maximum Gasteiger partial charge on any atom is 0.0897 e. The molecule has 0 aromatic carbocycles. The van der Waals surface area contributed by atoms with Crippen molar-refractivity contribution in [2.75, 3.05) is 19.6 Å². The summed E-state index contributed by atoms with van der Waals surface area (Å²) in [6.45, 7) is 6.63. The average molecular weight is 302 g/mol. The van der Waals surface area contributed by atoms with E-state index in [1.807, 2.05) is 0 Å². The highest BCUT2D eigenvalue weighted by Crippen LogP contribution is 2.35. The smallest absolute Gasteiger partial charge is 0.0897 e. The fourth-order valence-corrected chi connectivity index (χ4v) is 4.11. The second kappa shape index (κ2) is 6.53. The second-order valence-corrected chi connectivity index (χ2v) is 6.80. The van der Waals surface area contributed by atoms with Gasteiger partial charge in [-0.05, 0) is 19.8 Å². The van der Waals surface area contributed by atoms with Crippen LogP contribution in [0.1, 0.15) is 42.8 Å². The molecular weight excluding hydrogens is 278 g/mol. The van der Waals surface area contributed by atoms with Crippen LogP contribution in [0.4, 0.5) is 0 Å². The summed E-state index contributed by atoms with van der Waals surface area (Å²) in [6, 6.07) is 0. The highest BCUT2D eigenvalue weighted by Gasteiger charge is 2.39. The van der Waals surface area contributed by atoms with Gasteiger partial charge in [-0.3, -0.25) is 4.90 Å². The molecule has 1 aliphatic carbocycles. The summed E-state index contributed by atoms with van der Waals surface area (Å²) in [5, 5.41) is 7.03. The van der Waals surface area contributed by atoms with E-state index in [2.05, 4.69) is 27.5 Å². The normalized spacial score (nSPS) is 23.2. The first-order valence-electron chi connectivity index (χ1n) is 7.15. The predicted octanol–water partition coefficient (Wildman–Crippen LogP) is 2.98. The van der Waals surface area contributed by atoms with E-state index in [9.17, 15) is 0 Å². The van der Waals surface area contributed by atoms with Gasteiger partial charge in [0.05, 0.1) is 10.7 Å². The quantitative estimate of drug-likeness (QED) is 0.910. The number of halogens is 1. The number of hydrogen-bond acceptors (Lipinski definition) is 4. The van der Waals surface area contributed by atoms with E-state index in [0.29, 0.717) is 5.54 Å². The van der Waals surface area contributed by atoms with Crippen LogP contribution in [0.3, 0.4) is 0 Å². The summed E-state index contributed by atoms with van der Waals surface area (Å²) < 4.78 is 0. The molecule has 3 nitrogen and oxygen atoms in total. The first-order valence-corrected chi connectivity index (χ1v) is 8.03. The molecule has 0 bridgehead atoms. The predicted molar refractivity (Wildman–Crippen MR) is 83.2 cm³/mol. The fraction of sp³-hybridized carbons (Fsp3) is 0.786. The summed E-state index contributed by atoms with van der Waals surface area (Å²) in [7, 11) is 0. The molecule has 1 aromatic rings. The average Bonchev–Trinajstić information content (AvgIpc) is 2.79. The Morgan fingerprint density at radius 1 is 1.37 bits per heavy atom. The van der Waals surface area contributed by atoms with Crippen LogP contribution in [0.15, 0.2) is 5.38 Å². The third kappa shape index (κ3) is 3.30. The van der Waals surface area contributed by atoms with Crippen LogP contribution >= 0.6 is 23.7 Å². The van der Waals surface area contributed by atoms with Crippen molar-refractivity contribution in [3.63, 3.8) is 0 Å². The van der Waals surface area contributed by atoms with Crippen molar-refractivity contribution in [2.45, 2.75) is 51.1 Å².